The largest absolute Gasteiger partial charge is 0.494 e. The van der Waals surface area contributed by atoms with E-state index in [4.69, 9.17) is 40.2 Å². The Hall–Kier alpha value is -3.46. The van der Waals surface area contributed by atoms with Gasteiger partial charge in [0.2, 0.25) is 0 Å². The number of halogens is 2. The zero-order chi connectivity index (χ0) is 23.7. The van der Waals surface area contributed by atoms with Crippen LogP contribution < -0.4 is 20.3 Å². The van der Waals surface area contributed by atoms with Gasteiger partial charge in [0, 0.05) is 11.8 Å². The second kappa shape index (κ2) is 9.19. The molecular weight excluding hydrogens is 485 g/mol. The molecule has 2 N–H and O–H groups in total. The molecule has 3 aromatic rings. The standard InChI is InChI=1S/C23H15Cl2N3O4S/c1-32-18-11-12(26-23(33)27-20(29)15-7-4-8-16(24)19(15)25)9-10-17(18)28-21(30)13-5-2-3-6-14(13)22(28)31/h2-11H,1H3,(H2,26,27,29,33). The number of anilines is 2. The molecular formula is C23H15Cl2N3O4S. The Kier molecular flexibility index (Phi) is 6.33. The van der Waals surface area contributed by atoms with E-state index in [0.29, 0.717) is 16.8 Å². The number of nitrogens with one attached hydrogen (secondary N) is 2. The Morgan fingerprint density at radius 2 is 1.64 bits per heavy atom. The van der Waals surface area contributed by atoms with Gasteiger partial charge in [-0.15, -0.1) is 0 Å². The van der Waals surface area contributed by atoms with Crippen LogP contribution in [0.2, 0.25) is 10.0 Å². The summed E-state index contributed by atoms with van der Waals surface area (Å²) in [6.45, 7) is 0. The first kappa shape index (κ1) is 22.7. The van der Waals surface area contributed by atoms with Crippen molar-refractivity contribution in [3.63, 3.8) is 0 Å². The SMILES string of the molecule is COc1cc(NC(=S)NC(=O)c2cccc(Cl)c2Cl)ccc1N1C(=O)c2ccccc2C1=O. The van der Waals surface area contributed by atoms with E-state index in [0.717, 1.165) is 4.90 Å². The van der Waals surface area contributed by atoms with Crippen molar-refractivity contribution in [3.05, 3.63) is 87.4 Å². The van der Waals surface area contributed by atoms with Gasteiger partial charge in [0.1, 0.15) is 5.75 Å². The van der Waals surface area contributed by atoms with Crippen molar-refractivity contribution in [2.24, 2.45) is 0 Å². The molecule has 3 amide bonds. The lowest BCUT2D eigenvalue weighted by molar-refractivity contribution is 0.0922. The summed E-state index contributed by atoms with van der Waals surface area (Å²) in [5.41, 5.74) is 1.59. The van der Waals surface area contributed by atoms with Gasteiger partial charge >= 0.3 is 0 Å². The minimum absolute atomic E-state index is 0.00609. The maximum atomic E-state index is 12.8. The van der Waals surface area contributed by atoms with Gasteiger partial charge in [0.15, 0.2) is 5.11 Å². The van der Waals surface area contributed by atoms with Gasteiger partial charge in [0.05, 0.1) is 39.5 Å². The smallest absolute Gasteiger partial charge is 0.266 e. The molecule has 0 aromatic heterocycles. The van der Waals surface area contributed by atoms with Gasteiger partial charge in [-0.05, 0) is 48.6 Å². The van der Waals surface area contributed by atoms with E-state index < -0.39 is 17.7 Å². The lowest BCUT2D eigenvalue weighted by Gasteiger charge is -2.19. The fourth-order valence-electron chi connectivity index (χ4n) is 3.36. The zero-order valence-electron chi connectivity index (χ0n) is 17.0. The van der Waals surface area contributed by atoms with Crippen molar-refractivity contribution in [1.29, 1.82) is 0 Å². The van der Waals surface area contributed by atoms with Gasteiger partial charge in [0.25, 0.3) is 17.7 Å². The van der Waals surface area contributed by atoms with Gasteiger partial charge in [-0.1, -0.05) is 41.4 Å². The van der Waals surface area contributed by atoms with Crippen LogP contribution in [0.15, 0.2) is 60.7 Å². The number of carbonyl (C=O) groups is 3. The first-order valence-electron chi connectivity index (χ1n) is 9.54. The summed E-state index contributed by atoms with van der Waals surface area (Å²) in [6.07, 6.45) is 0. The molecule has 0 unspecified atom stereocenters. The van der Waals surface area contributed by atoms with Crippen molar-refractivity contribution >= 4 is 69.6 Å². The summed E-state index contributed by atoms with van der Waals surface area (Å²) in [7, 11) is 1.42. The molecule has 0 spiro atoms. The van der Waals surface area contributed by atoms with Gasteiger partial charge in [-0.2, -0.15) is 0 Å². The molecule has 166 valence electrons. The minimum atomic E-state index is -0.533. The molecule has 0 atom stereocenters. The number of amides is 3. The molecule has 10 heteroatoms. The number of hydrogen-bond acceptors (Lipinski definition) is 5. The Morgan fingerprint density at radius 3 is 2.27 bits per heavy atom. The van der Waals surface area contributed by atoms with Crippen molar-refractivity contribution < 1.29 is 19.1 Å². The number of ether oxygens (including phenoxy) is 1. The van der Waals surface area contributed by atoms with Crippen LogP contribution >= 0.6 is 35.4 Å². The number of rotatable bonds is 4. The molecule has 4 rings (SSSR count). The molecule has 3 aromatic carbocycles. The first-order valence-corrected chi connectivity index (χ1v) is 10.7. The Labute approximate surface area is 204 Å². The number of benzene rings is 3. The molecule has 33 heavy (non-hydrogen) atoms. The second-order valence-corrected chi connectivity index (χ2v) is 8.08. The maximum absolute atomic E-state index is 12.8. The molecule has 0 saturated carbocycles. The lowest BCUT2D eigenvalue weighted by atomic mass is 10.1. The van der Waals surface area contributed by atoms with Crippen molar-refractivity contribution in [2.45, 2.75) is 0 Å². The molecule has 0 aliphatic carbocycles. The van der Waals surface area contributed by atoms with Crippen LogP contribution in [0.4, 0.5) is 11.4 Å². The first-order chi connectivity index (χ1) is 15.8. The van der Waals surface area contributed by atoms with Gasteiger partial charge < -0.3 is 10.1 Å². The van der Waals surface area contributed by atoms with Gasteiger partial charge in [-0.25, -0.2) is 4.90 Å². The molecule has 0 fully saturated rings. The highest BCUT2D eigenvalue weighted by atomic mass is 35.5. The maximum Gasteiger partial charge on any atom is 0.266 e. The van der Waals surface area contributed by atoms with Gasteiger partial charge in [-0.3, -0.25) is 19.7 Å². The number of thiocarbonyl (C=S) groups is 1. The third-order valence-corrected chi connectivity index (χ3v) is 5.92. The fraction of sp³-hybridized carbons (Fsp3) is 0.0435. The van der Waals surface area contributed by atoms with Crippen molar-refractivity contribution in [3.8, 4) is 5.75 Å². The number of imide groups is 1. The van der Waals surface area contributed by atoms with Crippen LogP contribution in [0.3, 0.4) is 0 Å². The highest BCUT2D eigenvalue weighted by molar-refractivity contribution is 7.80. The number of nitrogens with zero attached hydrogens (tertiary/aromatic N) is 1. The van der Waals surface area contributed by atoms with E-state index in [9.17, 15) is 14.4 Å². The third kappa shape index (κ3) is 4.28. The molecule has 1 heterocycles. The van der Waals surface area contributed by atoms with Crippen LogP contribution in [-0.2, 0) is 0 Å². The average molecular weight is 500 g/mol. The van der Waals surface area contributed by atoms with Crippen molar-refractivity contribution in [1.82, 2.24) is 5.32 Å². The van der Waals surface area contributed by atoms with Crippen molar-refractivity contribution in [2.75, 3.05) is 17.3 Å². The minimum Gasteiger partial charge on any atom is -0.494 e. The molecule has 0 radical (unpaired) electrons. The predicted octanol–water partition coefficient (Wildman–Crippen LogP) is 4.93. The lowest BCUT2D eigenvalue weighted by Crippen LogP contribution is -2.34. The van der Waals surface area contributed by atoms with E-state index in [1.807, 2.05) is 0 Å². The average Bonchev–Trinajstić information content (AvgIpc) is 3.05. The Morgan fingerprint density at radius 1 is 0.970 bits per heavy atom. The highest BCUT2D eigenvalue weighted by Gasteiger charge is 2.37. The van der Waals surface area contributed by atoms with E-state index in [-0.39, 0.29) is 32.2 Å². The third-order valence-electron chi connectivity index (χ3n) is 4.90. The van der Waals surface area contributed by atoms with Crippen LogP contribution in [0.5, 0.6) is 5.75 Å². The number of carbonyl (C=O) groups excluding carboxylic acids is 3. The van der Waals surface area contributed by atoms with Crippen LogP contribution in [0.25, 0.3) is 0 Å². The summed E-state index contributed by atoms with van der Waals surface area (Å²) in [5.74, 6) is -1.14. The van der Waals surface area contributed by atoms with Crippen LogP contribution in [-0.4, -0.2) is 29.9 Å². The molecule has 0 bridgehead atoms. The topological polar surface area (TPSA) is 87.7 Å². The number of hydrogen-bond donors (Lipinski definition) is 2. The summed E-state index contributed by atoms with van der Waals surface area (Å²) >= 11 is 17.2. The summed E-state index contributed by atoms with van der Waals surface area (Å²) in [6, 6.07) is 16.0. The van der Waals surface area contributed by atoms with E-state index in [1.54, 1.807) is 54.6 Å². The van der Waals surface area contributed by atoms with Crippen LogP contribution in [0.1, 0.15) is 31.1 Å². The molecule has 0 saturated heterocycles. The second-order valence-electron chi connectivity index (χ2n) is 6.89. The molecule has 1 aliphatic heterocycles. The normalized spacial score (nSPS) is 12.4. The fourth-order valence-corrected chi connectivity index (χ4v) is 3.96. The summed E-state index contributed by atoms with van der Waals surface area (Å²) < 4.78 is 5.41. The zero-order valence-corrected chi connectivity index (χ0v) is 19.3. The number of methoxy groups -OCH3 is 1. The number of fused-ring (bicyclic) bond motifs is 1. The van der Waals surface area contributed by atoms with E-state index in [2.05, 4.69) is 10.6 Å². The molecule has 1 aliphatic rings. The Bertz CT molecular complexity index is 1290. The summed E-state index contributed by atoms with van der Waals surface area (Å²) in [5, 5.41) is 5.76. The van der Waals surface area contributed by atoms with Crippen LogP contribution in [0, 0.1) is 0 Å². The highest BCUT2D eigenvalue weighted by Crippen LogP contribution is 2.36. The monoisotopic (exact) mass is 499 g/mol. The van der Waals surface area contributed by atoms with E-state index >= 15 is 0 Å². The Balaban J connectivity index is 1.52. The molecule has 7 nitrogen and oxygen atoms in total. The quantitative estimate of drug-likeness (QED) is 0.390. The summed E-state index contributed by atoms with van der Waals surface area (Å²) in [4.78, 5) is 39.1. The predicted molar refractivity (Wildman–Crippen MR) is 131 cm³/mol. The van der Waals surface area contributed by atoms with E-state index in [1.165, 1.54) is 13.2 Å².